The number of carbonyl (C=O) groups is 1. The Morgan fingerprint density at radius 3 is 2.27 bits per heavy atom. The van der Waals surface area contributed by atoms with Gasteiger partial charge in [-0.2, -0.15) is 0 Å². The highest BCUT2D eigenvalue weighted by molar-refractivity contribution is 6.38. The predicted octanol–water partition coefficient (Wildman–Crippen LogP) is 3.01. The Labute approximate surface area is 98.8 Å². The van der Waals surface area contributed by atoms with Gasteiger partial charge in [-0.05, 0) is 37.2 Å². The number of carbonyl (C=O) groups excluding carboxylic acids is 1. The molecule has 0 spiro atoms. The summed E-state index contributed by atoms with van der Waals surface area (Å²) in [7, 11) is 0. The van der Waals surface area contributed by atoms with E-state index < -0.39 is 0 Å². The Hall–Kier alpha value is -0.570. The minimum Gasteiger partial charge on any atom is -0.299 e. The second-order valence-corrected chi connectivity index (χ2v) is 4.54. The van der Waals surface area contributed by atoms with Gasteiger partial charge in [0.05, 0.1) is 15.6 Å². The number of rotatable bonds is 3. The predicted molar refractivity (Wildman–Crippen MR) is 61.7 cm³/mol. The molecule has 1 heterocycles. The van der Waals surface area contributed by atoms with E-state index >= 15 is 0 Å². The van der Waals surface area contributed by atoms with E-state index in [-0.39, 0.29) is 0 Å². The lowest BCUT2D eigenvalue weighted by Gasteiger charge is -2.30. The van der Waals surface area contributed by atoms with Gasteiger partial charge in [-0.3, -0.25) is 9.69 Å². The maximum Gasteiger partial charge on any atom is 0.153 e. The van der Waals surface area contributed by atoms with E-state index in [0.29, 0.717) is 21.9 Å². The lowest BCUT2D eigenvalue weighted by Crippen LogP contribution is -2.36. The van der Waals surface area contributed by atoms with Crippen LogP contribution in [0.25, 0.3) is 0 Å². The van der Waals surface area contributed by atoms with Crippen LogP contribution in [0.3, 0.4) is 0 Å². The molecule has 0 bridgehead atoms. The monoisotopic (exact) mass is 243 g/mol. The molecule has 0 amide bonds. The van der Waals surface area contributed by atoms with Crippen LogP contribution in [0.2, 0.25) is 10.0 Å². The molecule has 4 heteroatoms. The van der Waals surface area contributed by atoms with Gasteiger partial charge >= 0.3 is 0 Å². The van der Waals surface area contributed by atoms with Crippen LogP contribution in [-0.4, -0.2) is 24.3 Å². The van der Waals surface area contributed by atoms with Crippen LogP contribution < -0.4 is 0 Å². The maximum atomic E-state index is 10.7. The van der Waals surface area contributed by atoms with Gasteiger partial charge in [-0.1, -0.05) is 23.2 Å². The lowest BCUT2D eigenvalue weighted by atomic mass is 10.1. The van der Waals surface area contributed by atoms with Gasteiger partial charge in [0.15, 0.2) is 6.29 Å². The van der Waals surface area contributed by atoms with Crippen molar-refractivity contribution in [3.05, 3.63) is 33.3 Å². The van der Waals surface area contributed by atoms with Crippen molar-refractivity contribution in [2.24, 2.45) is 0 Å². The van der Waals surface area contributed by atoms with Crippen molar-refractivity contribution in [2.75, 3.05) is 13.1 Å². The molecule has 80 valence electrons. The number of likely N-dealkylation sites (tertiary alicyclic amines) is 1. The van der Waals surface area contributed by atoms with Crippen LogP contribution in [0.15, 0.2) is 12.1 Å². The van der Waals surface area contributed by atoms with Crippen LogP contribution in [0.1, 0.15) is 22.3 Å². The summed E-state index contributed by atoms with van der Waals surface area (Å²) in [5.74, 6) is 0. The number of aldehydes is 1. The number of nitrogens with zero attached hydrogens (tertiary/aromatic N) is 1. The molecule has 1 saturated heterocycles. The van der Waals surface area contributed by atoms with E-state index in [2.05, 4.69) is 4.90 Å². The quantitative estimate of drug-likeness (QED) is 0.762. The minimum atomic E-state index is 0.380. The molecule has 1 aromatic carbocycles. The summed E-state index contributed by atoms with van der Waals surface area (Å²) >= 11 is 11.9. The maximum absolute atomic E-state index is 10.7. The Bertz CT molecular complexity index is 365. The van der Waals surface area contributed by atoms with Crippen molar-refractivity contribution >= 4 is 29.5 Å². The molecule has 0 radical (unpaired) electrons. The molecule has 0 saturated carbocycles. The van der Waals surface area contributed by atoms with Crippen LogP contribution in [0.5, 0.6) is 0 Å². The van der Waals surface area contributed by atoms with Gasteiger partial charge in [0.2, 0.25) is 0 Å². The standard InChI is InChI=1S/C11H11Cl2NO/c12-10-4-8(6-14-2-1-3-14)5-11(13)9(10)7-15/h4-5,7H,1-3,6H2. The Morgan fingerprint density at radius 1 is 1.27 bits per heavy atom. The summed E-state index contributed by atoms with van der Waals surface area (Å²) in [6.45, 7) is 3.12. The third kappa shape index (κ3) is 2.33. The van der Waals surface area contributed by atoms with Gasteiger partial charge in [0.1, 0.15) is 0 Å². The third-order valence-electron chi connectivity index (χ3n) is 2.61. The van der Waals surface area contributed by atoms with Crippen molar-refractivity contribution < 1.29 is 4.79 Å². The molecule has 0 aromatic heterocycles. The van der Waals surface area contributed by atoms with E-state index in [1.807, 2.05) is 12.1 Å². The molecule has 0 atom stereocenters. The molecule has 15 heavy (non-hydrogen) atoms. The van der Waals surface area contributed by atoms with Crippen LogP contribution in [0.4, 0.5) is 0 Å². The first-order valence-electron chi connectivity index (χ1n) is 4.86. The normalized spacial score (nSPS) is 16.1. The third-order valence-corrected chi connectivity index (χ3v) is 3.24. The van der Waals surface area contributed by atoms with Gasteiger partial charge in [-0.15, -0.1) is 0 Å². The van der Waals surface area contributed by atoms with Crippen molar-refractivity contribution in [1.82, 2.24) is 4.90 Å². The molecule has 0 aliphatic carbocycles. The summed E-state index contributed by atoms with van der Waals surface area (Å²) in [4.78, 5) is 13.0. The number of benzene rings is 1. The molecule has 0 N–H and O–H groups in total. The van der Waals surface area contributed by atoms with Crippen molar-refractivity contribution in [2.45, 2.75) is 13.0 Å². The van der Waals surface area contributed by atoms with Crippen LogP contribution in [0, 0.1) is 0 Å². The molecular formula is C11H11Cl2NO. The van der Waals surface area contributed by atoms with Crippen molar-refractivity contribution in [3.8, 4) is 0 Å². The molecule has 1 fully saturated rings. The smallest absolute Gasteiger partial charge is 0.153 e. The van der Waals surface area contributed by atoms with Crippen LogP contribution >= 0.6 is 23.2 Å². The second-order valence-electron chi connectivity index (χ2n) is 3.72. The molecule has 0 unspecified atom stereocenters. The first-order chi connectivity index (χ1) is 7.20. The summed E-state index contributed by atoms with van der Waals surface area (Å²) in [5, 5.41) is 0.876. The van der Waals surface area contributed by atoms with Gasteiger partial charge in [0, 0.05) is 6.54 Å². The summed E-state index contributed by atoms with van der Waals surface area (Å²) in [5.41, 5.74) is 1.45. The average Bonchev–Trinajstić information content (AvgIpc) is 2.11. The molecular weight excluding hydrogens is 233 g/mol. The zero-order valence-corrected chi connectivity index (χ0v) is 9.68. The molecule has 1 aromatic rings. The SMILES string of the molecule is O=Cc1c(Cl)cc(CN2CCC2)cc1Cl. The fraction of sp³-hybridized carbons (Fsp3) is 0.364. The highest BCUT2D eigenvalue weighted by atomic mass is 35.5. The average molecular weight is 244 g/mol. The highest BCUT2D eigenvalue weighted by Gasteiger charge is 2.15. The topological polar surface area (TPSA) is 20.3 Å². The minimum absolute atomic E-state index is 0.380. The second kappa shape index (κ2) is 4.52. The summed E-state index contributed by atoms with van der Waals surface area (Å²) in [6, 6.07) is 3.63. The van der Waals surface area contributed by atoms with Gasteiger partial charge < -0.3 is 0 Å². The zero-order valence-electron chi connectivity index (χ0n) is 8.17. The number of halogens is 2. The van der Waals surface area contributed by atoms with E-state index in [9.17, 15) is 4.79 Å². The molecule has 1 aliphatic rings. The fourth-order valence-electron chi connectivity index (χ4n) is 1.64. The molecule has 2 rings (SSSR count). The summed E-state index contributed by atoms with van der Waals surface area (Å²) in [6.07, 6.45) is 1.95. The Kier molecular flexibility index (Phi) is 3.29. The lowest BCUT2D eigenvalue weighted by molar-refractivity contribution is 0.112. The zero-order chi connectivity index (χ0) is 10.8. The van der Waals surface area contributed by atoms with Crippen LogP contribution in [-0.2, 0) is 6.54 Å². The van der Waals surface area contributed by atoms with Crippen molar-refractivity contribution in [3.63, 3.8) is 0 Å². The van der Waals surface area contributed by atoms with E-state index in [0.717, 1.165) is 25.2 Å². The Morgan fingerprint density at radius 2 is 1.87 bits per heavy atom. The van der Waals surface area contributed by atoms with Gasteiger partial charge in [0.25, 0.3) is 0 Å². The fourth-order valence-corrected chi connectivity index (χ4v) is 2.26. The first-order valence-corrected chi connectivity index (χ1v) is 5.62. The van der Waals surface area contributed by atoms with E-state index in [1.54, 1.807) is 0 Å². The van der Waals surface area contributed by atoms with Gasteiger partial charge in [-0.25, -0.2) is 0 Å². The number of hydrogen-bond donors (Lipinski definition) is 0. The Balaban J connectivity index is 2.21. The largest absolute Gasteiger partial charge is 0.299 e. The first kappa shape index (κ1) is 10.9. The summed E-state index contributed by atoms with van der Waals surface area (Å²) < 4.78 is 0. The van der Waals surface area contributed by atoms with E-state index in [1.165, 1.54) is 6.42 Å². The molecule has 1 aliphatic heterocycles. The highest BCUT2D eigenvalue weighted by Crippen LogP contribution is 2.26. The molecule has 2 nitrogen and oxygen atoms in total. The van der Waals surface area contributed by atoms with Crippen molar-refractivity contribution in [1.29, 1.82) is 0 Å². The van der Waals surface area contributed by atoms with E-state index in [4.69, 9.17) is 23.2 Å². The number of hydrogen-bond acceptors (Lipinski definition) is 2.